The minimum atomic E-state index is -1.08. The smallest absolute Gasteiger partial charge is 0.117 e. The third-order valence-corrected chi connectivity index (χ3v) is 3.48. The number of halogens is 2. The van der Waals surface area contributed by atoms with E-state index in [-0.39, 0.29) is 0 Å². The number of rotatable bonds is 2. The van der Waals surface area contributed by atoms with Gasteiger partial charge < -0.3 is 5.32 Å². The van der Waals surface area contributed by atoms with E-state index in [1.54, 1.807) is 6.20 Å². The van der Waals surface area contributed by atoms with Crippen molar-refractivity contribution in [1.82, 2.24) is 10.3 Å². The first kappa shape index (κ1) is 12.0. The molecule has 0 aromatic carbocycles. The Hall–Kier alpha value is -0.480. The van der Waals surface area contributed by atoms with Gasteiger partial charge >= 0.3 is 0 Å². The second-order valence-electron chi connectivity index (χ2n) is 4.40. The number of hydrogen-bond donors (Lipinski definition) is 1. The zero-order chi connectivity index (χ0) is 11.4. The van der Waals surface area contributed by atoms with Gasteiger partial charge in [0.05, 0.1) is 0 Å². The number of alkyl halides is 1. The molecule has 0 spiro atoms. The quantitative estimate of drug-likeness (QED) is 0.904. The van der Waals surface area contributed by atoms with Crippen LogP contribution in [0.2, 0.25) is 0 Å². The average Bonchev–Trinajstić information content (AvgIpc) is 2.47. The van der Waals surface area contributed by atoms with Gasteiger partial charge in [-0.25, -0.2) is 4.39 Å². The average molecular weight is 287 g/mol. The molecule has 1 aliphatic heterocycles. The lowest BCUT2D eigenvalue weighted by molar-refractivity contribution is 0.143. The van der Waals surface area contributed by atoms with Crippen LogP contribution in [0.15, 0.2) is 22.8 Å². The van der Waals surface area contributed by atoms with E-state index in [2.05, 4.69) is 26.2 Å². The molecule has 1 unspecified atom stereocenters. The Kier molecular flexibility index (Phi) is 3.92. The molecule has 1 aromatic rings. The third kappa shape index (κ3) is 3.25. The van der Waals surface area contributed by atoms with E-state index in [4.69, 9.17) is 0 Å². The van der Waals surface area contributed by atoms with Crippen LogP contribution in [-0.4, -0.2) is 23.7 Å². The second-order valence-corrected chi connectivity index (χ2v) is 5.31. The zero-order valence-electron chi connectivity index (χ0n) is 9.18. The van der Waals surface area contributed by atoms with E-state index in [9.17, 15) is 4.39 Å². The predicted octanol–water partition coefficient (Wildman–Crippen LogP) is 2.87. The first-order valence-electron chi connectivity index (χ1n) is 5.68. The lowest BCUT2D eigenvalue weighted by Crippen LogP contribution is -2.27. The van der Waals surface area contributed by atoms with Gasteiger partial charge in [-0.3, -0.25) is 4.98 Å². The maximum atomic E-state index is 14.5. The molecule has 1 aromatic heterocycles. The van der Waals surface area contributed by atoms with Crippen LogP contribution in [0.5, 0.6) is 0 Å². The summed E-state index contributed by atoms with van der Waals surface area (Å²) in [5.74, 6) is 0. The first-order valence-corrected chi connectivity index (χ1v) is 6.47. The Bertz CT molecular complexity index is 331. The molecule has 1 saturated heterocycles. The Morgan fingerprint density at radius 1 is 1.38 bits per heavy atom. The highest BCUT2D eigenvalue weighted by molar-refractivity contribution is 9.10. The van der Waals surface area contributed by atoms with Crippen molar-refractivity contribution >= 4 is 15.9 Å². The normalized spacial score (nSPS) is 26.4. The minimum Gasteiger partial charge on any atom is -0.317 e. The van der Waals surface area contributed by atoms with Gasteiger partial charge in [0, 0.05) is 22.8 Å². The number of nitrogens with one attached hydrogen (secondary N) is 1. The molecule has 0 bridgehead atoms. The minimum absolute atomic E-state index is 0.432. The molecule has 0 amide bonds. The summed E-state index contributed by atoms with van der Waals surface area (Å²) in [6, 6.07) is 3.81. The van der Waals surface area contributed by atoms with Crippen molar-refractivity contribution in [3.63, 3.8) is 0 Å². The summed E-state index contributed by atoms with van der Waals surface area (Å²) >= 11 is 3.33. The highest BCUT2D eigenvalue weighted by Gasteiger charge is 2.30. The van der Waals surface area contributed by atoms with Crippen LogP contribution in [0.3, 0.4) is 0 Å². The highest BCUT2D eigenvalue weighted by atomic mass is 79.9. The maximum absolute atomic E-state index is 14.5. The van der Waals surface area contributed by atoms with Crippen LogP contribution in [-0.2, 0) is 6.42 Å². The Labute approximate surface area is 104 Å². The van der Waals surface area contributed by atoms with Gasteiger partial charge in [-0.15, -0.1) is 0 Å². The molecule has 1 atom stereocenters. The van der Waals surface area contributed by atoms with Crippen molar-refractivity contribution in [3.8, 4) is 0 Å². The molecule has 0 aliphatic carbocycles. The molecule has 1 N–H and O–H groups in total. The topological polar surface area (TPSA) is 24.9 Å². The fraction of sp³-hybridized carbons (Fsp3) is 0.583. The molecule has 16 heavy (non-hydrogen) atoms. The van der Waals surface area contributed by atoms with Gasteiger partial charge in [-0.1, -0.05) is 0 Å². The van der Waals surface area contributed by atoms with Crippen LogP contribution in [0.25, 0.3) is 0 Å². The van der Waals surface area contributed by atoms with Gasteiger partial charge in [-0.05, 0) is 60.4 Å². The third-order valence-electron chi connectivity index (χ3n) is 3.01. The summed E-state index contributed by atoms with van der Waals surface area (Å²) in [5, 5.41) is 3.23. The van der Waals surface area contributed by atoms with Gasteiger partial charge in [0.2, 0.25) is 0 Å². The summed E-state index contributed by atoms with van der Waals surface area (Å²) < 4.78 is 15.5. The molecule has 0 radical (unpaired) electrons. The van der Waals surface area contributed by atoms with E-state index in [0.29, 0.717) is 19.3 Å². The molecular weight excluding hydrogens is 271 g/mol. The Morgan fingerprint density at radius 3 is 3.00 bits per heavy atom. The molecule has 1 fully saturated rings. The van der Waals surface area contributed by atoms with Crippen molar-refractivity contribution in [2.45, 2.75) is 31.4 Å². The van der Waals surface area contributed by atoms with Crippen molar-refractivity contribution in [1.29, 1.82) is 0 Å². The van der Waals surface area contributed by atoms with Gasteiger partial charge in [0.15, 0.2) is 0 Å². The second kappa shape index (κ2) is 5.23. The molecule has 2 heterocycles. The maximum Gasteiger partial charge on any atom is 0.117 e. The van der Waals surface area contributed by atoms with Gasteiger partial charge in [0.1, 0.15) is 5.67 Å². The van der Waals surface area contributed by atoms with Gasteiger partial charge in [-0.2, -0.15) is 0 Å². The predicted molar refractivity (Wildman–Crippen MR) is 66.2 cm³/mol. The molecule has 0 saturated carbocycles. The number of aromatic nitrogens is 1. The van der Waals surface area contributed by atoms with Crippen LogP contribution < -0.4 is 5.32 Å². The fourth-order valence-corrected chi connectivity index (χ4v) is 2.34. The Balaban J connectivity index is 2.04. The van der Waals surface area contributed by atoms with Crippen molar-refractivity contribution < 1.29 is 4.39 Å². The lowest BCUT2D eigenvalue weighted by Gasteiger charge is -2.22. The van der Waals surface area contributed by atoms with Crippen molar-refractivity contribution in [3.05, 3.63) is 28.5 Å². The monoisotopic (exact) mass is 286 g/mol. The summed E-state index contributed by atoms with van der Waals surface area (Å²) in [6.07, 6.45) is 4.30. The Morgan fingerprint density at radius 2 is 2.25 bits per heavy atom. The molecule has 4 heteroatoms. The fourth-order valence-electron chi connectivity index (χ4n) is 2.11. The van der Waals surface area contributed by atoms with E-state index in [1.165, 1.54) is 0 Å². The van der Waals surface area contributed by atoms with E-state index in [0.717, 1.165) is 29.7 Å². The molecular formula is C12H16BrFN2. The van der Waals surface area contributed by atoms with Crippen molar-refractivity contribution in [2.24, 2.45) is 0 Å². The summed E-state index contributed by atoms with van der Waals surface area (Å²) in [4.78, 5) is 4.24. The van der Waals surface area contributed by atoms with Crippen LogP contribution in [0.1, 0.15) is 25.0 Å². The van der Waals surface area contributed by atoms with E-state index in [1.807, 2.05) is 12.1 Å². The lowest BCUT2D eigenvalue weighted by atomic mass is 9.91. The summed E-state index contributed by atoms with van der Waals surface area (Å²) in [6.45, 7) is 1.70. The SMILES string of the molecule is FC1(Cc2ccc(Br)cn2)CCCNCC1. The summed E-state index contributed by atoms with van der Waals surface area (Å²) in [7, 11) is 0. The van der Waals surface area contributed by atoms with Crippen LogP contribution in [0.4, 0.5) is 4.39 Å². The highest BCUT2D eigenvalue weighted by Crippen LogP contribution is 2.28. The van der Waals surface area contributed by atoms with Gasteiger partial charge in [0.25, 0.3) is 0 Å². The van der Waals surface area contributed by atoms with E-state index >= 15 is 0 Å². The van der Waals surface area contributed by atoms with Crippen LogP contribution in [0, 0.1) is 0 Å². The zero-order valence-corrected chi connectivity index (χ0v) is 10.8. The molecule has 2 rings (SSSR count). The van der Waals surface area contributed by atoms with Crippen LogP contribution >= 0.6 is 15.9 Å². The standard InChI is InChI=1S/C12H16BrFN2/c13-10-2-3-11(16-9-10)8-12(14)4-1-6-15-7-5-12/h2-3,9,15H,1,4-8H2. The molecule has 1 aliphatic rings. The number of hydrogen-bond acceptors (Lipinski definition) is 2. The molecule has 88 valence electrons. The first-order chi connectivity index (χ1) is 7.68. The largest absolute Gasteiger partial charge is 0.317 e. The number of nitrogens with zero attached hydrogens (tertiary/aromatic N) is 1. The summed E-state index contributed by atoms with van der Waals surface area (Å²) in [5.41, 5.74) is -0.239. The van der Waals surface area contributed by atoms with Crippen molar-refractivity contribution in [2.75, 3.05) is 13.1 Å². The van der Waals surface area contributed by atoms with E-state index < -0.39 is 5.67 Å². The number of pyridine rings is 1. The molecule has 2 nitrogen and oxygen atoms in total.